The molecule has 1 N–H and O–H groups in total. The van der Waals surface area contributed by atoms with Gasteiger partial charge in [0.2, 0.25) is 15.2 Å². The number of aromatic nitrogens is 2. The zero-order valence-corrected chi connectivity index (χ0v) is 20.2. The predicted molar refractivity (Wildman–Crippen MR) is 127 cm³/mol. The first-order chi connectivity index (χ1) is 15.1. The lowest BCUT2D eigenvalue weighted by Gasteiger charge is -2.22. The number of amides is 1. The van der Waals surface area contributed by atoms with Gasteiger partial charge in [-0.15, -0.1) is 10.2 Å². The number of nitrogens with one attached hydrogen (secondary N) is 1. The van der Waals surface area contributed by atoms with Crippen LogP contribution in [0.3, 0.4) is 0 Å². The van der Waals surface area contributed by atoms with Gasteiger partial charge in [-0.25, -0.2) is 12.8 Å². The smallest absolute Gasteiger partial charge is 0.257 e. The summed E-state index contributed by atoms with van der Waals surface area (Å²) in [6, 6.07) is 11.8. The summed E-state index contributed by atoms with van der Waals surface area (Å²) in [4.78, 5) is 12.5. The van der Waals surface area contributed by atoms with Crippen molar-refractivity contribution in [2.75, 3.05) is 21.6 Å². The lowest BCUT2D eigenvalue weighted by Crippen LogP contribution is -2.29. The topological polar surface area (TPSA) is 92.3 Å². The number of thioether (sulfide) groups is 1. The Hall–Kier alpha value is -2.50. The Bertz CT molecular complexity index is 1160. The normalized spacial score (nSPS) is 11.5. The molecule has 0 unspecified atom stereocenters. The average Bonchev–Trinajstić information content (AvgIpc) is 3.18. The van der Waals surface area contributed by atoms with Crippen LogP contribution in [-0.4, -0.2) is 36.5 Å². The first-order valence-electron chi connectivity index (χ1n) is 9.71. The van der Waals surface area contributed by atoms with Crippen molar-refractivity contribution >= 4 is 49.8 Å². The van der Waals surface area contributed by atoms with Crippen molar-refractivity contribution in [2.24, 2.45) is 5.92 Å². The molecule has 1 amide bonds. The van der Waals surface area contributed by atoms with E-state index in [2.05, 4.69) is 29.4 Å². The minimum atomic E-state index is -3.60. The molecule has 0 aliphatic carbocycles. The van der Waals surface area contributed by atoms with E-state index in [4.69, 9.17) is 0 Å². The molecule has 0 spiro atoms. The number of rotatable bonds is 9. The lowest BCUT2D eigenvalue weighted by molar-refractivity contribution is 0.102. The quantitative estimate of drug-likeness (QED) is 0.344. The Labute approximate surface area is 195 Å². The molecular formula is C21H23FN4O3S3. The number of anilines is 2. The fraction of sp³-hybridized carbons (Fsp3) is 0.286. The highest BCUT2D eigenvalue weighted by atomic mass is 32.2. The van der Waals surface area contributed by atoms with Crippen LogP contribution < -0.4 is 9.62 Å². The maximum atomic E-state index is 13.2. The van der Waals surface area contributed by atoms with Crippen molar-refractivity contribution in [1.82, 2.24) is 10.2 Å². The van der Waals surface area contributed by atoms with E-state index in [1.165, 1.54) is 39.9 Å². The van der Waals surface area contributed by atoms with E-state index < -0.39 is 15.8 Å². The largest absolute Gasteiger partial charge is 0.296 e. The third kappa shape index (κ3) is 6.75. The molecule has 0 aliphatic rings. The van der Waals surface area contributed by atoms with Crippen LogP contribution in [0, 0.1) is 11.7 Å². The fourth-order valence-electron chi connectivity index (χ4n) is 2.66. The standard InChI is InChI=1S/C21H23FN4O3S3/c1-14(2)13-30-21-25-24-20(31-21)23-19(27)16-6-10-18(11-7-16)26(32(3,28)29)12-15-4-8-17(22)9-5-15/h4-11,14H,12-13H2,1-3H3,(H,23,24,27). The van der Waals surface area contributed by atoms with Crippen LogP contribution >= 0.6 is 23.1 Å². The Balaban J connectivity index is 1.70. The van der Waals surface area contributed by atoms with E-state index in [1.807, 2.05) is 0 Å². The van der Waals surface area contributed by atoms with Crippen LogP contribution in [-0.2, 0) is 16.6 Å². The molecule has 0 radical (unpaired) electrons. The first kappa shape index (κ1) is 24.1. The molecule has 0 saturated carbocycles. The van der Waals surface area contributed by atoms with E-state index in [0.29, 0.717) is 27.9 Å². The van der Waals surface area contributed by atoms with Crippen molar-refractivity contribution in [2.45, 2.75) is 24.7 Å². The van der Waals surface area contributed by atoms with E-state index in [0.717, 1.165) is 16.3 Å². The average molecular weight is 495 g/mol. The van der Waals surface area contributed by atoms with Gasteiger partial charge in [0.25, 0.3) is 5.91 Å². The third-order valence-corrected chi connectivity index (χ3v) is 7.76. The van der Waals surface area contributed by atoms with E-state index in [1.54, 1.807) is 36.0 Å². The van der Waals surface area contributed by atoms with Crippen molar-refractivity contribution in [3.05, 3.63) is 65.5 Å². The molecule has 1 heterocycles. The number of carbonyl (C=O) groups excluding carboxylic acids is 1. The Morgan fingerprint density at radius 1 is 1.12 bits per heavy atom. The molecule has 1 aromatic heterocycles. The van der Waals surface area contributed by atoms with Gasteiger partial charge in [0.05, 0.1) is 18.5 Å². The van der Waals surface area contributed by atoms with Gasteiger partial charge in [-0.3, -0.25) is 14.4 Å². The molecule has 11 heteroatoms. The van der Waals surface area contributed by atoms with Crippen LogP contribution in [0.1, 0.15) is 29.8 Å². The summed E-state index contributed by atoms with van der Waals surface area (Å²) in [5, 5.41) is 11.2. The highest BCUT2D eigenvalue weighted by molar-refractivity contribution is 8.01. The zero-order chi connectivity index (χ0) is 23.3. The molecule has 32 heavy (non-hydrogen) atoms. The van der Waals surface area contributed by atoms with Gasteiger partial charge in [-0.2, -0.15) is 0 Å². The maximum Gasteiger partial charge on any atom is 0.257 e. The SMILES string of the molecule is CC(C)CSc1nnc(NC(=O)c2ccc(N(Cc3ccc(F)cc3)S(C)(=O)=O)cc2)s1. The van der Waals surface area contributed by atoms with Crippen LogP contribution in [0.15, 0.2) is 52.9 Å². The van der Waals surface area contributed by atoms with E-state index in [-0.39, 0.29) is 12.5 Å². The monoisotopic (exact) mass is 494 g/mol. The van der Waals surface area contributed by atoms with Gasteiger partial charge in [0.15, 0.2) is 4.34 Å². The molecule has 7 nitrogen and oxygen atoms in total. The van der Waals surface area contributed by atoms with Gasteiger partial charge >= 0.3 is 0 Å². The molecule has 170 valence electrons. The number of carbonyl (C=O) groups is 1. The van der Waals surface area contributed by atoms with Crippen LogP contribution in [0.2, 0.25) is 0 Å². The van der Waals surface area contributed by atoms with E-state index >= 15 is 0 Å². The van der Waals surface area contributed by atoms with Crippen LogP contribution in [0.5, 0.6) is 0 Å². The van der Waals surface area contributed by atoms with Crippen molar-refractivity contribution in [3.8, 4) is 0 Å². The fourth-order valence-corrected chi connectivity index (χ4v) is 5.27. The molecule has 0 fully saturated rings. The Kier molecular flexibility index (Phi) is 7.86. The van der Waals surface area contributed by atoms with Crippen molar-refractivity contribution in [3.63, 3.8) is 0 Å². The summed E-state index contributed by atoms with van der Waals surface area (Å²) in [6.45, 7) is 4.28. The summed E-state index contributed by atoms with van der Waals surface area (Å²) in [5.41, 5.74) is 1.40. The number of hydrogen-bond acceptors (Lipinski definition) is 7. The van der Waals surface area contributed by atoms with Crippen molar-refractivity contribution in [1.29, 1.82) is 0 Å². The third-order valence-electron chi connectivity index (χ3n) is 4.22. The summed E-state index contributed by atoms with van der Waals surface area (Å²) < 4.78 is 39.8. The second-order valence-corrected chi connectivity index (χ2v) is 11.6. The summed E-state index contributed by atoms with van der Waals surface area (Å²) in [5.74, 6) is 0.683. The Morgan fingerprint density at radius 3 is 2.38 bits per heavy atom. The molecule has 0 saturated heterocycles. The zero-order valence-electron chi connectivity index (χ0n) is 17.8. The minimum Gasteiger partial charge on any atom is -0.296 e. The molecule has 2 aromatic carbocycles. The molecule has 0 aliphatic heterocycles. The maximum absolute atomic E-state index is 13.2. The van der Waals surface area contributed by atoms with Crippen LogP contribution in [0.25, 0.3) is 0 Å². The van der Waals surface area contributed by atoms with Crippen LogP contribution in [0.4, 0.5) is 15.2 Å². The van der Waals surface area contributed by atoms with Gasteiger partial charge in [-0.1, -0.05) is 49.1 Å². The molecule has 0 bridgehead atoms. The number of hydrogen-bond donors (Lipinski definition) is 1. The van der Waals surface area contributed by atoms with Gasteiger partial charge in [0.1, 0.15) is 5.82 Å². The van der Waals surface area contributed by atoms with Crippen molar-refractivity contribution < 1.29 is 17.6 Å². The summed E-state index contributed by atoms with van der Waals surface area (Å²) in [7, 11) is -3.60. The first-order valence-corrected chi connectivity index (χ1v) is 13.4. The highest BCUT2D eigenvalue weighted by Gasteiger charge is 2.19. The molecule has 0 atom stereocenters. The number of nitrogens with zero attached hydrogens (tertiary/aromatic N) is 3. The number of benzene rings is 2. The number of sulfonamides is 1. The Morgan fingerprint density at radius 2 is 1.78 bits per heavy atom. The molecule has 3 aromatic rings. The molecule has 3 rings (SSSR count). The van der Waals surface area contributed by atoms with Gasteiger partial charge in [0, 0.05) is 11.3 Å². The molecular weight excluding hydrogens is 471 g/mol. The second kappa shape index (κ2) is 10.4. The van der Waals surface area contributed by atoms with E-state index in [9.17, 15) is 17.6 Å². The predicted octanol–water partition coefficient (Wildman–Crippen LogP) is 4.64. The summed E-state index contributed by atoms with van der Waals surface area (Å²) in [6.07, 6.45) is 1.10. The lowest BCUT2D eigenvalue weighted by atomic mass is 10.2. The van der Waals surface area contributed by atoms with Gasteiger partial charge < -0.3 is 0 Å². The number of halogens is 1. The second-order valence-electron chi connectivity index (χ2n) is 7.48. The summed E-state index contributed by atoms with van der Waals surface area (Å²) >= 11 is 2.90. The minimum absolute atomic E-state index is 0.0479. The van der Waals surface area contributed by atoms with Gasteiger partial charge in [-0.05, 0) is 47.9 Å². The highest BCUT2D eigenvalue weighted by Crippen LogP contribution is 2.27.